The van der Waals surface area contributed by atoms with Gasteiger partial charge >= 0.3 is 0 Å². The van der Waals surface area contributed by atoms with Crippen LogP contribution in [0.5, 0.6) is 0 Å². The van der Waals surface area contributed by atoms with Crippen LogP contribution in [0.4, 0.5) is 5.13 Å². The van der Waals surface area contributed by atoms with Gasteiger partial charge < -0.3 is 4.42 Å². The number of furan rings is 1. The first-order chi connectivity index (χ1) is 13.5. The van der Waals surface area contributed by atoms with Crippen LogP contribution in [0.3, 0.4) is 0 Å². The summed E-state index contributed by atoms with van der Waals surface area (Å²) in [4.78, 5) is 21.0. The van der Waals surface area contributed by atoms with Crippen molar-refractivity contribution < 1.29 is 9.21 Å². The van der Waals surface area contributed by atoms with E-state index in [1.54, 1.807) is 22.9 Å². The van der Waals surface area contributed by atoms with Gasteiger partial charge in [0.1, 0.15) is 5.76 Å². The zero-order valence-corrected chi connectivity index (χ0v) is 17.6. The number of hydrogen-bond donors (Lipinski definition) is 0. The molecule has 2 aromatic carbocycles. The standard InChI is InChI=1S/C22H20N2O2S2/c1-14-11-15(2)20-19(12-14)28-22(23-20)24(13-17-5-4-10-26-17)21(25)16-6-8-18(27-3)9-7-16/h4-12H,13H2,1-3H3. The SMILES string of the molecule is CSc1ccc(C(=O)N(Cc2ccco2)c2nc3c(C)cc(C)cc3s2)cc1. The van der Waals surface area contributed by atoms with E-state index < -0.39 is 0 Å². The number of carbonyl (C=O) groups is 1. The highest BCUT2D eigenvalue weighted by Gasteiger charge is 2.23. The van der Waals surface area contributed by atoms with E-state index in [9.17, 15) is 4.79 Å². The number of fused-ring (bicyclic) bond motifs is 1. The number of amides is 1. The molecule has 0 spiro atoms. The molecule has 4 aromatic rings. The number of benzene rings is 2. The van der Waals surface area contributed by atoms with Crippen LogP contribution >= 0.6 is 23.1 Å². The summed E-state index contributed by atoms with van der Waals surface area (Å²) < 4.78 is 6.59. The lowest BCUT2D eigenvalue weighted by molar-refractivity contribution is 0.0983. The average Bonchev–Trinajstić information content (AvgIpc) is 3.35. The zero-order valence-electron chi connectivity index (χ0n) is 15.9. The van der Waals surface area contributed by atoms with Gasteiger partial charge in [-0.15, -0.1) is 11.8 Å². The van der Waals surface area contributed by atoms with Gasteiger partial charge in [0.15, 0.2) is 5.13 Å². The van der Waals surface area contributed by atoms with Gasteiger partial charge in [0, 0.05) is 10.5 Å². The van der Waals surface area contributed by atoms with Crippen molar-refractivity contribution in [3.63, 3.8) is 0 Å². The summed E-state index contributed by atoms with van der Waals surface area (Å²) in [5.74, 6) is 0.638. The maximum atomic E-state index is 13.3. The van der Waals surface area contributed by atoms with E-state index in [1.165, 1.54) is 16.9 Å². The summed E-state index contributed by atoms with van der Waals surface area (Å²) in [5, 5.41) is 0.680. The van der Waals surface area contributed by atoms with Gasteiger partial charge in [-0.3, -0.25) is 9.69 Å². The lowest BCUT2D eigenvalue weighted by Crippen LogP contribution is -2.30. The Bertz CT molecular complexity index is 1120. The zero-order chi connectivity index (χ0) is 19.7. The van der Waals surface area contributed by atoms with E-state index >= 15 is 0 Å². The Morgan fingerprint density at radius 3 is 2.64 bits per heavy atom. The Balaban J connectivity index is 1.76. The Morgan fingerprint density at radius 1 is 1.18 bits per heavy atom. The molecule has 0 aliphatic rings. The molecule has 0 saturated heterocycles. The Kier molecular flexibility index (Phi) is 5.24. The monoisotopic (exact) mass is 408 g/mol. The third-order valence-electron chi connectivity index (χ3n) is 4.53. The van der Waals surface area contributed by atoms with Crippen LogP contribution in [-0.4, -0.2) is 17.1 Å². The number of nitrogens with zero attached hydrogens (tertiary/aromatic N) is 2. The molecule has 2 aromatic heterocycles. The highest BCUT2D eigenvalue weighted by atomic mass is 32.2. The molecule has 0 atom stereocenters. The fraction of sp³-hybridized carbons (Fsp3) is 0.182. The van der Waals surface area contributed by atoms with Gasteiger partial charge in [0.2, 0.25) is 0 Å². The van der Waals surface area contributed by atoms with E-state index in [2.05, 4.69) is 26.0 Å². The van der Waals surface area contributed by atoms with Crippen molar-refractivity contribution in [2.75, 3.05) is 11.2 Å². The Hall–Kier alpha value is -2.57. The lowest BCUT2D eigenvalue weighted by atomic mass is 10.1. The van der Waals surface area contributed by atoms with Crippen molar-refractivity contribution in [2.45, 2.75) is 25.3 Å². The maximum absolute atomic E-state index is 13.3. The molecule has 4 nitrogen and oxygen atoms in total. The second-order valence-electron chi connectivity index (χ2n) is 6.62. The molecule has 0 radical (unpaired) electrons. The van der Waals surface area contributed by atoms with Gasteiger partial charge in [0.05, 0.1) is 23.0 Å². The van der Waals surface area contributed by atoms with Crippen LogP contribution in [0.2, 0.25) is 0 Å². The summed E-state index contributed by atoms with van der Waals surface area (Å²) in [6, 6.07) is 15.6. The van der Waals surface area contributed by atoms with Gasteiger partial charge in [-0.05, 0) is 73.7 Å². The number of aryl methyl sites for hydroxylation is 2. The largest absolute Gasteiger partial charge is 0.467 e. The number of anilines is 1. The van der Waals surface area contributed by atoms with Crippen molar-refractivity contribution in [2.24, 2.45) is 0 Å². The maximum Gasteiger partial charge on any atom is 0.260 e. The first kappa shape index (κ1) is 18.8. The minimum atomic E-state index is -0.0857. The van der Waals surface area contributed by atoms with Crippen LogP contribution < -0.4 is 4.90 Å². The van der Waals surface area contributed by atoms with E-state index in [-0.39, 0.29) is 5.91 Å². The van der Waals surface area contributed by atoms with Crippen molar-refractivity contribution >= 4 is 44.4 Å². The predicted molar refractivity (Wildman–Crippen MR) is 117 cm³/mol. The van der Waals surface area contributed by atoms with Crippen molar-refractivity contribution in [3.05, 3.63) is 77.2 Å². The molecule has 0 bridgehead atoms. The second kappa shape index (κ2) is 7.81. The molecule has 0 fully saturated rings. The molecule has 6 heteroatoms. The first-order valence-electron chi connectivity index (χ1n) is 8.91. The number of aromatic nitrogens is 1. The lowest BCUT2D eigenvalue weighted by Gasteiger charge is -2.19. The van der Waals surface area contributed by atoms with E-state index in [4.69, 9.17) is 9.40 Å². The minimum absolute atomic E-state index is 0.0857. The van der Waals surface area contributed by atoms with E-state index in [0.29, 0.717) is 17.2 Å². The molecule has 0 unspecified atom stereocenters. The van der Waals surface area contributed by atoms with Crippen molar-refractivity contribution in [1.29, 1.82) is 0 Å². The van der Waals surface area contributed by atoms with Gasteiger partial charge in [0.25, 0.3) is 5.91 Å². The Morgan fingerprint density at radius 2 is 1.96 bits per heavy atom. The van der Waals surface area contributed by atoms with Crippen LogP contribution in [0.1, 0.15) is 27.2 Å². The molecule has 2 heterocycles. The van der Waals surface area contributed by atoms with Crippen LogP contribution in [-0.2, 0) is 6.54 Å². The number of thioether (sulfide) groups is 1. The van der Waals surface area contributed by atoms with Crippen LogP contribution in [0.15, 0.2) is 64.1 Å². The fourth-order valence-corrected chi connectivity index (χ4v) is 4.70. The van der Waals surface area contributed by atoms with E-state index in [0.717, 1.165) is 26.4 Å². The Labute approximate surface area is 172 Å². The highest BCUT2D eigenvalue weighted by molar-refractivity contribution is 7.98. The second-order valence-corrected chi connectivity index (χ2v) is 8.51. The van der Waals surface area contributed by atoms with Gasteiger partial charge in [-0.2, -0.15) is 0 Å². The molecule has 0 aliphatic heterocycles. The number of rotatable bonds is 5. The van der Waals surface area contributed by atoms with Crippen molar-refractivity contribution in [3.8, 4) is 0 Å². The summed E-state index contributed by atoms with van der Waals surface area (Å²) in [7, 11) is 0. The minimum Gasteiger partial charge on any atom is -0.467 e. The first-order valence-corrected chi connectivity index (χ1v) is 11.0. The topological polar surface area (TPSA) is 46.3 Å². The fourth-order valence-electron chi connectivity index (χ4n) is 3.15. The number of hydrogen-bond acceptors (Lipinski definition) is 5. The van der Waals surface area contributed by atoms with E-state index in [1.807, 2.05) is 42.7 Å². The summed E-state index contributed by atoms with van der Waals surface area (Å²) in [5.41, 5.74) is 3.89. The number of thiazole rings is 1. The normalized spacial score (nSPS) is 11.1. The predicted octanol–water partition coefficient (Wildman–Crippen LogP) is 6.08. The van der Waals surface area contributed by atoms with Crippen molar-refractivity contribution in [1.82, 2.24) is 4.98 Å². The van der Waals surface area contributed by atoms with Crippen LogP contribution in [0.25, 0.3) is 10.2 Å². The molecular weight excluding hydrogens is 388 g/mol. The highest BCUT2D eigenvalue weighted by Crippen LogP contribution is 2.33. The summed E-state index contributed by atoms with van der Waals surface area (Å²) >= 11 is 3.19. The average molecular weight is 409 g/mol. The van der Waals surface area contributed by atoms with Gasteiger partial charge in [-0.25, -0.2) is 4.98 Å². The molecular formula is C22H20N2O2S2. The molecule has 142 valence electrons. The summed E-state index contributed by atoms with van der Waals surface area (Å²) in [6.07, 6.45) is 3.64. The molecule has 0 saturated carbocycles. The van der Waals surface area contributed by atoms with Gasteiger partial charge in [-0.1, -0.05) is 17.4 Å². The third kappa shape index (κ3) is 3.70. The molecule has 0 N–H and O–H groups in total. The smallest absolute Gasteiger partial charge is 0.260 e. The molecule has 0 aliphatic carbocycles. The quantitative estimate of drug-likeness (QED) is 0.376. The molecule has 1 amide bonds. The summed E-state index contributed by atoms with van der Waals surface area (Å²) in [6.45, 7) is 4.47. The molecule has 4 rings (SSSR count). The third-order valence-corrected chi connectivity index (χ3v) is 6.29. The molecule has 28 heavy (non-hydrogen) atoms. The van der Waals surface area contributed by atoms with Crippen LogP contribution in [0, 0.1) is 13.8 Å². The number of carbonyl (C=O) groups excluding carboxylic acids is 1.